The van der Waals surface area contributed by atoms with Crippen molar-refractivity contribution in [2.24, 2.45) is 5.73 Å². The molecule has 0 saturated carbocycles. The normalized spacial score (nSPS) is 13.8. The third kappa shape index (κ3) is 2.26. The lowest BCUT2D eigenvalue weighted by atomic mass is 10.1. The summed E-state index contributed by atoms with van der Waals surface area (Å²) in [7, 11) is 1.95. The number of benzene rings is 2. The highest BCUT2D eigenvalue weighted by atomic mass is 35.5. The van der Waals surface area contributed by atoms with E-state index in [0.717, 1.165) is 17.1 Å². The van der Waals surface area contributed by atoms with Gasteiger partial charge in [0.25, 0.3) is 5.91 Å². The molecule has 5 heteroatoms. The summed E-state index contributed by atoms with van der Waals surface area (Å²) in [5, 5.41) is 0.600. The molecule has 0 bridgehead atoms. The predicted molar refractivity (Wildman–Crippen MR) is 86.7 cm³/mol. The van der Waals surface area contributed by atoms with E-state index in [1.807, 2.05) is 54.4 Å². The lowest BCUT2D eigenvalue weighted by Gasteiger charge is -2.24. The van der Waals surface area contributed by atoms with E-state index in [1.165, 1.54) is 0 Å². The van der Waals surface area contributed by atoms with Crippen LogP contribution in [0.3, 0.4) is 0 Å². The van der Waals surface area contributed by atoms with E-state index in [2.05, 4.69) is 0 Å². The summed E-state index contributed by atoms with van der Waals surface area (Å²) >= 11 is 6.11. The Bertz CT molecular complexity index is 702. The first-order valence-electron chi connectivity index (χ1n) is 6.77. The number of rotatable bonds is 2. The zero-order valence-electron chi connectivity index (χ0n) is 11.7. The zero-order chi connectivity index (χ0) is 15.0. The molecular weight excluding hydrogens is 286 g/mol. The molecule has 0 fully saturated rings. The third-order valence-electron chi connectivity index (χ3n) is 3.68. The average Bonchev–Trinajstić information content (AvgIpc) is 2.58. The van der Waals surface area contributed by atoms with Crippen LogP contribution < -0.4 is 15.5 Å². The van der Waals surface area contributed by atoms with Crippen LogP contribution in [0.5, 0.6) is 0 Å². The van der Waals surface area contributed by atoms with E-state index in [0.29, 0.717) is 23.7 Å². The number of hydrogen-bond acceptors (Lipinski definition) is 3. The maximum absolute atomic E-state index is 12.8. The van der Waals surface area contributed by atoms with Crippen molar-refractivity contribution >= 4 is 34.6 Å². The number of carbonyl (C=O) groups is 1. The van der Waals surface area contributed by atoms with Gasteiger partial charge in [0, 0.05) is 25.2 Å². The van der Waals surface area contributed by atoms with Crippen molar-refractivity contribution in [2.45, 2.75) is 0 Å². The second kappa shape index (κ2) is 5.39. The van der Waals surface area contributed by atoms with Gasteiger partial charge in [-0.15, -0.1) is 0 Å². The smallest absolute Gasteiger partial charge is 0.260 e. The molecule has 0 atom stereocenters. The SMILES string of the molecule is CN1c2ccccc2C(=O)N(CCN)c2cc(Cl)ccc21. The second-order valence-electron chi connectivity index (χ2n) is 4.95. The summed E-state index contributed by atoms with van der Waals surface area (Å²) in [6.45, 7) is 0.845. The molecule has 1 amide bonds. The number of nitrogens with zero attached hydrogens (tertiary/aromatic N) is 2. The number of para-hydroxylation sites is 1. The number of carbonyl (C=O) groups excluding carboxylic acids is 1. The Balaban J connectivity index is 2.27. The maximum Gasteiger partial charge on any atom is 0.260 e. The highest BCUT2D eigenvalue weighted by Crippen LogP contribution is 2.40. The molecule has 2 N–H and O–H groups in total. The van der Waals surface area contributed by atoms with E-state index in [4.69, 9.17) is 17.3 Å². The van der Waals surface area contributed by atoms with E-state index < -0.39 is 0 Å². The number of amides is 1. The van der Waals surface area contributed by atoms with Gasteiger partial charge in [-0.25, -0.2) is 0 Å². The van der Waals surface area contributed by atoms with Gasteiger partial charge in [-0.2, -0.15) is 0 Å². The van der Waals surface area contributed by atoms with Crippen molar-refractivity contribution in [2.75, 3.05) is 29.9 Å². The molecule has 108 valence electrons. The lowest BCUT2D eigenvalue weighted by Crippen LogP contribution is -2.34. The van der Waals surface area contributed by atoms with Gasteiger partial charge in [0.05, 0.1) is 22.6 Å². The Labute approximate surface area is 128 Å². The van der Waals surface area contributed by atoms with Crippen molar-refractivity contribution in [3.63, 3.8) is 0 Å². The van der Waals surface area contributed by atoms with E-state index >= 15 is 0 Å². The van der Waals surface area contributed by atoms with Crippen molar-refractivity contribution in [3.8, 4) is 0 Å². The second-order valence-corrected chi connectivity index (χ2v) is 5.39. The Morgan fingerprint density at radius 1 is 1.10 bits per heavy atom. The first-order valence-corrected chi connectivity index (χ1v) is 7.15. The molecular formula is C16H16ClN3O. The first-order chi connectivity index (χ1) is 10.1. The Kier molecular flexibility index (Phi) is 3.57. The highest BCUT2D eigenvalue weighted by molar-refractivity contribution is 6.31. The van der Waals surface area contributed by atoms with Crippen LogP contribution in [0.1, 0.15) is 10.4 Å². The minimum absolute atomic E-state index is 0.0519. The molecule has 1 aliphatic rings. The standard InChI is InChI=1S/C16H16ClN3O/c1-19-13-5-3-2-4-12(13)16(21)20(9-8-18)15-10-11(17)6-7-14(15)19/h2-7,10H,8-9,18H2,1H3. The van der Waals surface area contributed by atoms with Gasteiger partial charge in [0.1, 0.15) is 0 Å². The zero-order valence-corrected chi connectivity index (χ0v) is 12.5. The van der Waals surface area contributed by atoms with Crippen molar-refractivity contribution in [1.82, 2.24) is 0 Å². The molecule has 2 aromatic carbocycles. The fourth-order valence-corrected chi connectivity index (χ4v) is 2.85. The number of fused-ring (bicyclic) bond motifs is 2. The summed E-state index contributed by atoms with van der Waals surface area (Å²) in [5.74, 6) is -0.0519. The first kappa shape index (κ1) is 13.9. The van der Waals surface area contributed by atoms with Gasteiger partial charge < -0.3 is 15.5 Å². The van der Waals surface area contributed by atoms with Gasteiger partial charge >= 0.3 is 0 Å². The Morgan fingerprint density at radius 3 is 2.62 bits per heavy atom. The fraction of sp³-hybridized carbons (Fsp3) is 0.188. The molecule has 1 heterocycles. The van der Waals surface area contributed by atoms with Gasteiger partial charge in [-0.3, -0.25) is 4.79 Å². The topological polar surface area (TPSA) is 49.6 Å². The van der Waals surface area contributed by atoms with Crippen molar-refractivity contribution < 1.29 is 4.79 Å². The molecule has 3 rings (SSSR count). The molecule has 2 aromatic rings. The quantitative estimate of drug-likeness (QED) is 0.927. The predicted octanol–water partition coefficient (Wildman–Crippen LogP) is 3.03. The van der Waals surface area contributed by atoms with Gasteiger partial charge in [-0.05, 0) is 30.3 Å². The summed E-state index contributed by atoms with van der Waals surface area (Å²) in [5.41, 5.74) is 8.95. The number of halogens is 1. The number of anilines is 3. The molecule has 4 nitrogen and oxygen atoms in total. The van der Waals surface area contributed by atoms with E-state index in [-0.39, 0.29) is 5.91 Å². The van der Waals surface area contributed by atoms with E-state index in [9.17, 15) is 4.79 Å². The molecule has 0 aliphatic carbocycles. The van der Waals surface area contributed by atoms with Crippen LogP contribution in [0.25, 0.3) is 0 Å². The number of nitrogens with two attached hydrogens (primary N) is 1. The van der Waals surface area contributed by atoms with Gasteiger partial charge in [-0.1, -0.05) is 23.7 Å². The minimum Gasteiger partial charge on any atom is -0.342 e. The van der Waals surface area contributed by atoms with E-state index in [1.54, 1.807) is 4.90 Å². The van der Waals surface area contributed by atoms with Crippen LogP contribution in [0.15, 0.2) is 42.5 Å². The summed E-state index contributed by atoms with van der Waals surface area (Å²) in [6.07, 6.45) is 0. The van der Waals surface area contributed by atoms with Crippen LogP contribution in [-0.4, -0.2) is 26.0 Å². The molecule has 0 unspecified atom stereocenters. The van der Waals surface area contributed by atoms with Crippen LogP contribution in [0, 0.1) is 0 Å². The highest BCUT2D eigenvalue weighted by Gasteiger charge is 2.28. The minimum atomic E-state index is -0.0519. The monoisotopic (exact) mass is 301 g/mol. The molecule has 1 aliphatic heterocycles. The van der Waals surface area contributed by atoms with Crippen LogP contribution >= 0.6 is 11.6 Å². The van der Waals surface area contributed by atoms with Crippen LogP contribution in [0.2, 0.25) is 5.02 Å². The molecule has 0 spiro atoms. The molecule has 0 radical (unpaired) electrons. The van der Waals surface area contributed by atoms with Crippen LogP contribution in [0.4, 0.5) is 17.1 Å². The Hall–Kier alpha value is -2.04. The average molecular weight is 302 g/mol. The van der Waals surface area contributed by atoms with Gasteiger partial charge in [0.15, 0.2) is 0 Å². The molecule has 0 aromatic heterocycles. The summed E-state index contributed by atoms with van der Waals surface area (Å²) in [4.78, 5) is 16.6. The molecule has 21 heavy (non-hydrogen) atoms. The van der Waals surface area contributed by atoms with Crippen LogP contribution in [-0.2, 0) is 0 Å². The van der Waals surface area contributed by atoms with Crippen molar-refractivity contribution in [1.29, 1.82) is 0 Å². The largest absolute Gasteiger partial charge is 0.342 e. The third-order valence-corrected chi connectivity index (χ3v) is 3.92. The summed E-state index contributed by atoms with van der Waals surface area (Å²) in [6, 6.07) is 13.1. The van der Waals surface area contributed by atoms with Gasteiger partial charge in [0.2, 0.25) is 0 Å². The number of hydrogen-bond donors (Lipinski definition) is 1. The summed E-state index contributed by atoms with van der Waals surface area (Å²) < 4.78 is 0. The molecule has 0 saturated heterocycles. The maximum atomic E-state index is 12.8. The van der Waals surface area contributed by atoms with Crippen molar-refractivity contribution in [3.05, 3.63) is 53.1 Å². The fourth-order valence-electron chi connectivity index (χ4n) is 2.68. The lowest BCUT2D eigenvalue weighted by molar-refractivity contribution is 0.0989. The Morgan fingerprint density at radius 2 is 1.86 bits per heavy atom.